The Hall–Kier alpha value is -2.36. The largest absolute Gasteiger partial charge is 0.497 e. The molecule has 0 fully saturated rings. The zero-order valence-electron chi connectivity index (χ0n) is 15.5. The van der Waals surface area contributed by atoms with Crippen LogP contribution in [0.25, 0.3) is 0 Å². The van der Waals surface area contributed by atoms with Crippen molar-refractivity contribution in [1.82, 2.24) is 10.6 Å². The third-order valence-corrected chi connectivity index (χ3v) is 3.73. The lowest BCUT2D eigenvalue weighted by Gasteiger charge is -2.12. The van der Waals surface area contributed by atoms with E-state index in [4.69, 9.17) is 4.74 Å². The molecule has 0 aromatic heterocycles. The highest BCUT2D eigenvalue weighted by Crippen LogP contribution is 2.13. The molecule has 0 heterocycles. The van der Waals surface area contributed by atoms with Gasteiger partial charge < -0.3 is 15.4 Å². The maximum atomic E-state index is 10.7. The minimum atomic E-state index is -0.401. The van der Waals surface area contributed by atoms with Crippen LogP contribution in [0.15, 0.2) is 53.5 Å². The van der Waals surface area contributed by atoms with E-state index in [9.17, 15) is 10.1 Å². The van der Waals surface area contributed by atoms with Crippen molar-refractivity contribution in [3.05, 3.63) is 69.8 Å². The van der Waals surface area contributed by atoms with Gasteiger partial charge in [-0.1, -0.05) is 31.2 Å². The molecule has 0 spiro atoms. The van der Waals surface area contributed by atoms with Gasteiger partial charge in [0.05, 0.1) is 18.6 Å². The molecule has 146 valence electrons. The molecular weight excluding hydrogens is 459 g/mol. The van der Waals surface area contributed by atoms with Crippen molar-refractivity contribution in [2.75, 3.05) is 13.7 Å². The summed E-state index contributed by atoms with van der Waals surface area (Å²) in [6, 6.07) is 14.3. The van der Waals surface area contributed by atoms with Crippen LogP contribution in [0.3, 0.4) is 0 Å². The maximum Gasteiger partial charge on any atom is 0.269 e. The molecule has 8 heteroatoms. The fourth-order valence-electron chi connectivity index (χ4n) is 2.24. The van der Waals surface area contributed by atoms with Crippen molar-refractivity contribution in [1.29, 1.82) is 0 Å². The summed E-state index contributed by atoms with van der Waals surface area (Å²) in [5.41, 5.74) is 2.12. The lowest BCUT2D eigenvalue weighted by atomic mass is 10.2. The Kier molecular flexibility index (Phi) is 10.2. The summed E-state index contributed by atoms with van der Waals surface area (Å²) in [6.45, 7) is 3.98. The van der Waals surface area contributed by atoms with E-state index >= 15 is 0 Å². The number of halogens is 1. The van der Waals surface area contributed by atoms with E-state index in [1.807, 2.05) is 24.3 Å². The second-order valence-corrected chi connectivity index (χ2v) is 5.72. The lowest BCUT2D eigenvalue weighted by Crippen LogP contribution is -2.37. The molecule has 0 aliphatic rings. The lowest BCUT2D eigenvalue weighted by molar-refractivity contribution is -0.384. The molecule has 27 heavy (non-hydrogen) atoms. The summed E-state index contributed by atoms with van der Waals surface area (Å²) in [6.07, 6.45) is 0.987. The second-order valence-electron chi connectivity index (χ2n) is 5.72. The number of rotatable bonds is 8. The van der Waals surface area contributed by atoms with Gasteiger partial charge in [0.2, 0.25) is 0 Å². The van der Waals surface area contributed by atoms with Crippen molar-refractivity contribution in [3.63, 3.8) is 0 Å². The predicted molar refractivity (Wildman–Crippen MR) is 118 cm³/mol. The van der Waals surface area contributed by atoms with Gasteiger partial charge in [0.25, 0.3) is 5.69 Å². The molecule has 0 saturated heterocycles. The SMILES string of the molecule is CCCNC(=NCc1ccc(OC)cc1)NCc1ccc([N+](=O)[O-])cc1.I. The number of aliphatic imine (C=N–C) groups is 1. The Bertz CT molecular complexity index is 734. The molecule has 0 saturated carbocycles. The van der Waals surface area contributed by atoms with E-state index in [1.165, 1.54) is 12.1 Å². The highest BCUT2D eigenvalue weighted by atomic mass is 127. The van der Waals surface area contributed by atoms with Crippen LogP contribution in [-0.4, -0.2) is 24.5 Å². The average molecular weight is 484 g/mol. The van der Waals surface area contributed by atoms with Gasteiger partial charge in [0.1, 0.15) is 5.75 Å². The minimum absolute atomic E-state index is 0. The van der Waals surface area contributed by atoms with Crippen LogP contribution in [0.1, 0.15) is 24.5 Å². The first-order valence-electron chi connectivity index (χ1n) is 8.51. The quantitative estimate of drug-likeness (QED) is 0.195. The molecule has 0 unspecified atom stereocenters. The molecule has 0 atom stereocenters. The summed E-state index contributed by atoms with van der Waals surface area (Å²) in [5.74, 6) is 1.53. The standard InChI is InChI=1S/C19H24N4O3.HI/c1-3-12-20-19(22-14-16-6-10-18(26-2)11-7-16)21-13-15-4-8-17(9-5-15)23(24)25;/h4-11H,3,12-14H2,1-2H3,(H2,20,21,22);1H. The fourth-order valence-corrected chi connectivity index (χ4v) is 2.24. The predicted octanol–water partition coefficient (Wildman–Crippen LogP) is 3.87. The van der Waals surface area contributed by atoms with Crippen molar-refractivity contribution >= 4 is 35.6 Å². The molecule has 0 radical (unpaired) electrons. The van der Waals surface area contributed by atoms with Crippen LogP contribution in [0.2, 0.25) is 0 Å². The van der Waals surface area contributed by atoms with Gasteiger partial charge in [-0.15, -0.1) is 24.0 Å². The van der Waals surface area contributed by atoms with Crippen LogP contribution in [0.5, 0.6) is 5.75 Å². The number of nitro groups is 1. The van der Waals surface area contributed by atoms with Gasteiger partial charge in [-0.2, -0.15) is 0 Å². The molecule has 0 aliphatic carbocycles. The zero-order valence-corrected chi connectivity index (χ0v) is 17.8. The second kappa shape index (κ2) is 12.1. The Morgan fingerprint density at radius 3 is 2.26 bits per heavy atom. The highest BCUT2D eigenvalue weighted by molar-refractivity contribution is 14.0. The molecule has 0 bridgehead atoms. The third-order valence-electron chi connectivity index (χ3n) is 3.73. The number of non-ortho nitro benzene ring substituents is 1. The van der Waals surface area contributed by atoms with Crippen LogP contribution in [0.4, 0.5) is 5.69 Å². The van der Waals surface area contributed by atoms with Crippen molar-refractivity contribution in [2.24, 2.45) is 4.99 Å². The van der Waals surface area contributed by atoms with Crippen LogP contribution in [0, 0.1) is 10.1 Å². The number of hydrogen-bond donors (Lipinski definition) is 2. The van der Waals surface area contributed by atoms with Gasteiger partial charge in [0.15, 0.2) is 5.96 Å². The third kappa shape index (κ3) is 7.81. The molecule has 2 rings (SSSR count). The van der Waals surface area contributed by atoms with E-state index in [2.05, 4.69) is 22.5 Å². The van der Waals surface area contributed by atoms with Gasteiger partial charge in [0, 0.05) is 25.2 Å². The fraction of sp³-hybridized carbons (Fsp3) is 0.316. The zero-order chi connectivity index (χ0) is 18.8. The first-order chi connectivity index (χ1) is 12.6. The summed E-state index contributed by atoms with van der Waals surface area (Å²) in [5, 5.41) is 17.2. The van der Waals surface area contributed by atoms with E-state index in [0.717, 1.165) is 29.8 Å². The monoisotopic (exact) mass is 484 g/mol. The Labute approximate surface area is 176 Å². The first-order valence-corrected chi connectivity index (χ1v) is 8.51. The summed E-state index contributed by atoms with van der Waals surface area (Å²) in [7, 11) is 1.64. The van der Waals surface area contributed by atoms with E-state index in [1.54, 1.807) is 19.2 Å². The van der Waals surface area contributed by atoms with Crippen molar-refractivity contribution in [2.45, 2.75) is 26.4 Å². The first kappa shape index (κ1) is 22.7. The van der Waals surface area contributed by atoms with E-state index < -0.39 is 4.92 Å². The Balaban J connectivity index is 0.00000364. The van der Waals surface area contributed by atoms with Crippen LogP contribution in [-0.2, 0) is 13.1 Å². The summed E-state index contributed by atoms with van der Waals surface area (Å²) < 4.78 is 5.16. The summed E-state index contributed by atoms with van der Waals surface area (Å²) >= 11 is 0. The molecule has 0 amide bonds. The smallest absolute Gasteiger partial charge is 0.269 e. The van der Waals surface area contributed by atoms with Gasteiger partial charge in [-0.3, -0.25) is 10.1 Å². The number of nitro benzene ring substituents is 1. The van der Waals surface area contributed by atoms with Crippen LogP contribution < -0.4 is 15.4 Å². The number of methoxy groups -OCH3 is 1. The molecular formula is C19H25IN4O3. The number of nitrogens with zero attached hydrogens (tertiary/aromatic N) is 2. The summed E-state index contributed by atoms with van der Waals surface area (Å²) in [4.78, 5) is 14.9. The van der Waals surface area contributed by atoms with Gasteiger partial charge in [-0.05, 0) is 29.7 Å². The number of benzene rings is 2. The van der Waals surface area contributed by atoms with E-state index in [-0.39, 0.29) is 29.7 Å². The number of guanidine groups is 1. The average Bonchev–Trinajstić information content (AvgIpc) is 2.68. The topological polar surface area (TPSA) is 88.8 Å². The maximum absolute atomic E-state index is 10.7. The molecule has 7 nitrogen and oxygen atoms in total. The number of nitrogens with one attached hydrogen (secondary N) is 2. The minimum Gasteiger partial charge on any atom is -0.497 e. The molecule has 0 aliphatic heterocycles. The molecule has 2 aromatic rings. The molecule has 2 N–H and O–H groups in total. The van der Waals surface area contributed by atoms with Gasteiger partial charge >= 0.3 is 0 Å². The normalized spacial score (nSPS) is 10.7. The van der Waals surface area contributed by atoms with Crippen molar-refractivity contribution < 1.29 is 9.66 Å². The van der Waals surface area contributed by atoms with Crippen molar-refractivity contribution in [3.8, 4) is 5.75 Å². The number of hydrogen-bond acceptors (Lipinski definition) is 4. The highest BCUT2D eigenvalue weighted by Gasteiger charge is 2.05. The Morgan fingerprint density at radius 1 is 1.07 bits per heavy atom. The molecule has 2 aromatic carbocycles. The van der Waals surface area contributed by atoms with E-state index in [0.29, 0.717) is 19.0 Å². The van der Waals surface area contributed by atoms with Gasteiger partial charge in [-0.25, -0.2) is 4.99 Å². The number of ether oxygens (including phenoxy) is 1. The van der Waals surface area contributed by atoms with Crippen LogP contribution >= 0.6 is 24.0 Å². The Morgan fingerprint density at radius 2 is 1.70 bits per heavy atom.